The van der Waals surface area contributed by atoms with Crippen LogP contribution in [0.5, 0.6) is 5.88 Å². The molecule has 0 saturated heterocycles. The van der Waals surface area contributed by atoms with Gasteiger partial charge in [-0.05, 0) is 19.1 Å². The molecule has 2 aromatic rings. The largest absolute Gasteiger partial charge is 0.480 e. The Balaban J connectivity index is 2.63. The summed E-state index contributed by atoms with van der Waals surface area (Å²) in [5, 5.41) is 10.7. The second-order valence-corrected chi connectivity index (χ2v) is 5.05. The topological polar surface area (TPSA) is 55.2 Å². The Labute approximate surface area is 125 Å². The molecule has 0 radical (unpaired) electrons. The molecule has 0 fully saturated rings. The molecule has 0 bridgehead atoms. The number of benzene rings is 1. The fourth-order valence-electron chi connectivity index (χ4n) is 1.83. The third-order valence-corrected chi connectivity index (χ3v) is 3.46. The van der Waals surface area contributed by atoms with Gasteiger partial charge in [0.1, 0.15) is 17.1 Å². The van der Waals surface area contributed by atoms with Gasteiger partial charge in [-0.1, -0.05) is 23.2 Å². The molecule has 0 spiro atoms. The van der Waals surface area contributed by atoms with Crippen molar-refractivity contribution in [2.45, 2.75) is 12.5 Å². The van der Waals surface area contributed by atoms with Gasteiger partial charge in [0.05, 0.1) is 12.1 Å². The van der Waals surface area contributed by atoms with Gasteiger partial charge in [0, 0.05) is 23.0 Å². The van der Waals surface area contributed by atoms with E-state index in [4.69, 9.17) is 27.9 Å². The molecular weight excluding hydrogens is 306 g/mol. The van der Waals surface area contributed by atoms with Gasteiger partial charge < -0.3 is 9.84 Å². The summed E-state index contributed by atoms with van der Waals surface area (Å²) in [6.45, 7) is 1.42. The lowest BCUT2D eigenvalue weighted by Gasteiger charge is -2.25. The van der Waals surface area contributed by atoms with Crippen LogP contribution < -0.4 is 4.74 Å². The fraction of sp³-hybridized carbons (Fsp3) is 0.231. The summed E-state index contributed by atoms with van der Waals surface area (Å²) in [4.78, 5) is 7.99. The Morgan fingerprint density at radius 1 is 1.20 bits per heavy atom. The maximum atomic E-state index is 13.6. The normalized spacial score (nSPS) is 13.9. The minimum absolute atomic E-state index is 0.120. The first-order chi connectivity index (χ1) is 9.37. The van der Waals surface area contributed by atoms with Gasteiger partial charge in [0.2, 0.25) is 5.88 Å². The highest BCUT2D eigenvalue weighted by molar-refractivity contribution is 6.35. The summed E-state index contributed by atoms with van der Waals surface area (Å²) in [6, 6.07) is 2.30. The van der Waals surface area contributed by atoms with Crippen LogP contribution in [0.4, 0.5) is 4.39 Å². The number of rotatable bonds is 3. The van der Waals surface area contributed by atoms with Crippen LogP contribution in [0.1, 0.15) is 18.2 Å². The van der Waals surface area contributed by atoms with E-state index in [1.54, 1.807) is 0 Å². The van der Waals surface area contributed by atoms with Crippen LogP contribution in [0.25, 0.3) is 0 Å². The molecular formula is C13H11Cl2FN2O2. The molecule has 1 aromatic heterocycles. The van der Waals surface area contributed by atoms with Crippen molar-refractivity contribution >= 4 is 23.2 Å². The molecule has 0 aliphatic rings. The van der Waals surface area contributed by atoms with Gasteiger partial charge in [-0.3, -0.25) is 4.98 Å². The Morgan fingerprint density at radius 2 is 1.85 bits per heavy atom. The van der Waals surface area contributed by atoms with Crippen molar-refractivity contribution in [2.24, 2.45) is 0 Å². The van der Waals surface area contributed by atoms with Gasteiger partial charge in [-0.2, -0.15) is 0 Å². The Hall–Kier alpha value is -1.43. The summed E-state index contributed by atoms with van der Waals surface area (Å²) in [7, 11) is 1.40. The van der Waals surface area contributed by atoms with Gasteiger partial charge >= 0.3 is 0 Å². The summed E-state index contributed by atoms with van der Waals surface area (Å²) >= 11 is 11.7. The third-order valence-electron chi connectivity index (χ3n) is 2.85. The van der Waals surface area contributed by atoms with Crippen molar-refractivity contribution in [1.82, 2.24) is 9.97 Å². The molecule has 7 heteroatoms. The maximum Gasteiger partial charge on any atom is 0.238 e. The zero-order chi connectivity index (χ0) is 14.9. The lowest BCUT2D eigenvalue weighted by atomic mass is 9.92. The standard InChI is InChI=1S/C13H11Cl2FN2O2/c1-13(19,11-12(20-2)18-4-3-17-11)7-5-10(16)9(15)6-8(7)14/h3-6,19H,1-2H3. The first kappa shape index (κ1) is 15.0. The zero-order valence-electron chi connectivity index (χ0n) is 10.7. The molecule has 1 N–H and O–H groups in total. The third kappa shape index (κ3) is 2.57. The van der Waals surface area contributed by atoms with Crippen molar-refractivity contribution in [3.05, 3.63) is 51.6 Å². The number of aromatic nitrogens is 2. The highest BCUT2D eigenvalue weighted by atomic mass is 35.5. The van der Waals surface area contributed by atoms with E-state index in [1.807, 2.05) is 0 Å². The first-order valence-corrected chi connectivity index (χ1v) is 6.36. The van der Waals surface area contributed by atoms with Crippen LogP contribution in [-0.4, -0.2) is 22.2 Å². The van der Waals surface area contributed by atoms with Crippen LogP contribution in [0, 0.1) is 5.82 Å². The van der Waals surface area contributed by atoms with Crippen LogP contribution in [0.3, 0.4) is 0 Å². The van der Waals surface area contributed by atoms with Gasteiger partial charge in [-0.15, -0.1) is 0 Å². The quantitative estimate of drug-likeness (QED) is 0.884. The van der Waals surface area contributed by atoms with E-state index in [0.29, 0.717) is 0 Å². The second-order valence-electron chi connectivity index (χ2n) is 4.23. The smallest absolute Gasteiger partial charge is 0.238 e. The van der Waals surface area contributed by atoms with E-state index in [9.17, 15) is 9.50 Å². The van der Waals surface area contributed by atoms with Crippen LogP contribution >= 0.6 is 23.2 Å². The van der Waals surface area contributed by atoms with Gasteiger partial charge in [-0.25, -0.2) is 9.37 Å². The Morgan fingerprint density at radius 3 is 2.50 bits per heavy atom. The molecule has 0 amide bonds. The molecule has 1 unspecified atom stereocenters. The number of hydrogen-bond donors (Lipinski definition) is 1. The van der Waals surface area contributed by atoms with E-state index >= 15 is 0 Å². The molecule has 4 nitrogen and oxygen atoms in total. The second kappa shape index (κ2) is 5.52. The number of ether oxygens (including phenoxy) is 1. The molecule has 2 rings (SSSR count). The molecule has 1 aromatic carbocycles. The molecule has 0 aliphatic carbocycles. The fourth-order valence-corrected chi connectivity index (χ4v) is 2.40. The number of aliphatic hydroxyl groups is 1. The minimum Gasteiger partial charge on any atom is -0.480 e. The van der Waals surface area contributed by atoms with Crippen molar-refractivity contribution < 1.29 is 14.2 Å². The lowest BCUT2D eigenvalue weighted by Crippen LogP contribution is -2.26. The van der Waals surface area contributed by atoms with E-state index < -0.39 is 11.4 Å². The number of hydrogen-bond acceptors (Lipinski definition) is 4. The monoisotopic (exact) mass is 316 g/mol. The SMILES string of the molecule is COc1nccnc1C(C)(O)c1cc(F)c(Cl)cc1Cl. The lowest BCUT2D eigenvalue weighted by molar-refractivity contribution is 0.0927. The molecule has 0 aliphatic heterocycles. The Kier molecular flexibility index (Phi) is 4.13. The van der Waals surface area contributed by atoms with Crippen LogP contribution in [0.2, 0.25) is 10.0 Å². The van der Waals surface area contributed by atoms with Crippen molar-refractivity contribution in [1.29, 1.82) is 0 Å². The number of methoxy groups -OCH3 is 1. The molecule has 1 heterocycles. The van der Waals surface area contributed by atoms with Gasteiger partial charge in [0.25, 0.3) is 0 Å². The van der Waals surface area contributed by atoms with E-state index in [2.05, 4.69) is 9.97 Å². The summed E-state index contributed by atoms with van der Waals surface area (Å²) in [5.41, 5.74) is -1.42. The van der Waals surface area contributed by atoms with Crippen LogP contribution in [-0.2, 0) is 5.60 Å². The molecule has 106 valence electrons. The van der Waals surface area contributed by atoms with Gasteiger partial charge in [0.15, 0.2) is 0 Å². The minimum atomic E-state index is -1.68. The average Bonchev–Trinajstić information content (AvgIpc) is 2.42. The molecule has 0 saturated carbocycles. The zero-order valence-corrected chi connectivity index (χ0v) is 12.2. The Bertz CT molecular complexity index is 650. The van der Waals surface area contributed by atoms with E-state index in [-0.39, 0.29) is 27.2 Å². The first-order valence-electron chi connectivity index (χ1n) is 5.60. The number of nitrogens with zero attached hydrogens (tertiary/aromatic N) is 2. The predicted octanol–water partition coefficient (Wildman–Crippen LogP) is 3.19. The van der Waals surface area contributed by atoms with Crippen molar-refractivity contribution in [2.75, 3.05) is 7.11 Å². The van der Waals surface area contributed by atoms with E-state index in [1.165, 1.54) is 32.5 Å². The maximum absolute atomic E-state index is 13.6. The van der Waals surface area contributed by atoms with Crippen LogP contribution in [0.15, 0.2) is 24.5 Å². The summed E-state index contributed by atoms with van der Waals surface area (Å²) in [6.07, 6.45) is 2.81. The highest BCUT2D eigenvalue weighted by Gasteiger charge is 2.34. The highest BCUT2D eigenvalue weighted by Crippen LogP contribution is 2.38. The molecule has 1 atom stereocenters. The summed E-state index contributed by atoms with van der Waals surface area (Å²) in [5.74, 6) is -0.557. The van der Waals surface area contributed by atoms with E-state index in [0.717, 1.165) is 6.07 Å². The average molecular weight is 317 g/mol. The predicted molar refractivity (Wildman–Crippen MR) is 73.7 cm³/mol. The summed E-state index contributed by atoms with van der Waals surface area (Å²) < 4.78 is 18.7. The molecule has 20 heavy (non-hydrogen) atoms. The van der Waals surface area contributed by atoms with Crippen molar-refractivity contribution in [3.8, 4) is 5.88 Å². The van der Waals surface area contributed by atoms with Crippen molar-refractivity contribution in [3.63, 3.8) is 0 Å². The number of halogens is 3.